The number of allylic oxidation sites excluding steroid dienone is 2. The van der Waals surface area contributed by atoms with E-state index in [1.807, 2.05) is 11.9 Å². The number of hydrogen-bond donors (Lipinski definition) is 1. The van der Waals surface area contributed by atoms with Crippen LogP contribution < -0.4 is 5.32 Å². The average Bonchev–Trinajstić information content (AvgIpc) is 2.93. The number of nitrogens with one attached hydrogen (secondary N) is 1. The van der Waals surface area contributed by atoms with Crippen molar-refractivity contribution in [1.29, 1.82) is 0 Å². The summed E-state index contributed by atoms with van der Waals surface area (Å²) in [6.45, 7) is 5.50. The second-order valence-electron chi connectivity index (χ2n) is 5.59. The number of nitrogens with zero attached hydrogens (tertiary/aromatic N) is 2. The molecule has 0 saturated carbocycles. The molecule has 2 rings (SSSR count). The summed E-state index contributed by atoms with van der Waals surface area (Å²) in [6, 6.07) is 0.544. The normalized spacial score (nSPS) is 24.3. The van der Waals surface area contributed by atoms with E-state index in [0.29, 0.717) is 12.6 Å². The van der Waals surface area contributed by atoms with E-state index in [1.165, 1.54) is 25.0 Å². The highest BCUT2D eigenvalue weighted by Crippen LogP contribution is 2.21. The van der Waals surface area contributed by atoms with Crippen molar-refractivity contribution in [3.63, 3.8) is 0 Å². The van der Waals surface area contributed by atoms with Crippen LogP contribution in [0, 0.1) is 0 Å². The van der Waals surface area contributed by atoms with Crippen LogP contribution in [-0.4, -0.2) is 55.0 Å². The number of likely N-dealkylation sites (N-methyl/N-ethyl adjacent to an activating group) is 2. The summed E-state index contributed by atoms with van der Waals surface area (Å²) in [5.74, 6) is 0.271. The van der Waals surface area contributed by atoms with Crippen LogP contribution in [0.3, 0.4) is 0 Å². The third kappa shape index (κ3) is 3.80. The van der Waals surface area contributed by atoms with Gasteiger partial charge in [-0.15, -0.1) is 0 Å². The monoisotopic (exact) mass is 265 g/mol. The third-order valence-corrected chi connectivity index (χ3v) is 4.25. The molecule has 0 radical (unpaired) electrons. The number of carbonyl (C=O) groups is 1. The van der Waals surface area contributed by atoms with E-state index >= 15 is 0 Å². The van der Waals surface area contributed by atoms with Gasteiger partial charge >= 0.3 is 0 Å². The fourth-order valence-electron chi connectivity index (χ4n) is 3.15. The summed E-state index contributed by atoms with van der Waals surface area (Å²) >= 11 is 0. The Balaban J connectivity index is 1.88. The zero-order valence-electron chi connectivity index (χ0n) is 12.3. The van der Waals surface area contributed by atoms with Crippen molar-refractivity contribution >= 4 is 5.91 Å². The molecule has 1 aliphatic carbocycles. The van der Waals surface area contributed by atoms with E-state index < -0.39 is 0 Å². The van der Waals surface area contributed by atoms with E-state index in [9.17, 15) is 4.79 Å². The van der Waals surface area contributed by atoms with Crippen molar-refractivity contribution in [2.24, 2.45) is 0 Å². The molecule has 0 aromatic heterocycles. The average molecular weight is 265 g/mol. The minimum atomic E-state index is 0.271. The van der Waals surface area contributed by atoms with Gasteiger partial charge in [-0.25, -0.2) is 0 Å². The van der Waals surface area contributed by atoms with E-state index in [-0.39, 0.29) is 5.91 Å². The molecule has 1 N–H and O–H groups in total. The predicted octanol–water partition coefficient (Wildman–Crippen LogP) is 1.59. The Hall–Kier alpha value is -0.870. The molecule has 1 atom stereocenters. The molecule has 1 amide bonds. The van der Waals surface area contributed by atoms with Gasteiger partial charge in [0.25, 0.3) is 0 Å². The van der Waals surface area contributed by atoms with Crippen LogP contribution in [-0.2, 0) is 4.79 Å². The summed E-state index contributed by atoms with van der Waals surface area (Å²) in [6.07, 6.45) is 8.04. The fraction of sp³-hybridized carbons (Fsp3) is 0.800. The molecular formula is C15H27N3O. The van der Waals surface area contributed by atoms with E-state index in [2.05, 4.69) is 23.2 Å². The third-order valence-electron chi connectivity index (χ3n) is 4.25. The molecule has 0 aromatic carbocycles. The standard InChI is InChI=1S/C15H27N3O/c1-3-18(14-8-4-5-9-14)15(19)12-17-10-6-7-13(11-17)16-2/h8,13,16H,3-7,9-12H2,1-2H3. The van der Waals surface area contributed by atoms with Gasteiger partial charge in [-0.3, -0.25) is 9.69 Å². The first-order valence-corrected chi connectivity index (χ1v) is 7.63. The van der Waals surface area contributed by atoms with Crippen molar-refractivity contribution in [2.45, 2.75) is 45.1 Å². The Labute approximate surface area is 116 Å². The molecule has 2 aliphatic rings. The highest BCUT2D eigenvalue weighted by atomic mass is 16.2. The molecule has 0 spiro atoms. The number of hydrogen-bond acceptors (Lipinski definition) is 3. The van der Waals surface area contributed by atoms with Gasteiger partial charge in [0.1, 0.15) is 0 Å². The van der Waals surface area contributed by atoms with Gasteiger partial charge in [-0.2, -0.15) is 0 Å². The second-order valence-corrected chi connectivity index (χ2v) is 5.59. The van der Waals surface area contributed by atoms with Crippen LogP contribution in [0.25, 0.3) is 0 Å². The van der Waals surface area contributed by atoms with Gasteiger partial charge in [0.05, 0.1) is 6.54 Å². The maximum Gasteiger partial charge on any atom is 0.240 e. The van der Waals surface area contributed by atoms with Crippen LogP contribution in [0.4, 0.5) is 0 Å². The Morgan fingerprint density at radius 1 is 1.53 bits per heavy atom. The van der Waals surface area contributed by atoms with Gasteiger partial charge in [-0.05, 0) is 52.6 Å². The molecule has 1 fully saturated rings. The number of rotatable bonds is 5. The first kappa shape index (κ1) is 14.5. The molecule has 0 bridgehead atoms. The van der Waals surface area contributed by atoms with Crippen LogP contribution in [0.15, 0.2) is 11.8 Å². The van der Waals surface area contributed by atoms with E-state index in [0.717, 1.165) is 32.5 Å². The largest absolute Gasteiger partial charge is 0.316 e. The summed E-state index contributed by atoms with van der Waals surface area (Å²) in [5, 5.41) is 3.33. The van der Waals surface area contributed by atoms with Crippen molar-refractivity contribution in [3.8, 4) is 0 Å². The minimum Gasteiger partial charge on any atom is -0.316 e. The Morgan fingerprint density at radius 2 is 2.37 bits per heavy atom. The highest BCUT2D eigenvalue weighted by molar-refractivity contribution is 5.80. The highest BCUT2D eigenvalue weighted by Gasteiger charge is 2.24. The SMILES string of the molecule is CCN(C(=O)CN1CCCC(NC)C1)C1=CCCC1. The van der Waals surface area contributed by atoms with E-state index in [1.54, 1.807) is 0 Å². The first-order valence-electron chi connectivity index (χ1n) is 7.63. The zero-order chi connectivity index (χ0) is 13.7. The molecule has 1 unspecified atom stereocenters. The van der Waals surface area contributed by atoms with E-state index in [4.69, 9.17) is 0 Å². The lowest BCUT2D eigenvalue weighted by atomic mass is 10.1. The maximum absolute atomic E-state index is 12.4. The topological polar surface area (TPSA) is 35.6 Å². The molecule has 19 heavy (non-hydrogen) atoms. The van der Waals surface area contributed by atoms with Crippen LogP contribution in [0.1, 0.15) is 39.0 Å². The van der Waals surface area contributed by atoms with Crippen LogP contribution in [0.2, 0.25) is 0 Å². The Morgan fingerprint density at radius 3 is 3.00 bits per heavy atom. The summed E-state index contributed by atoms with van der Waals surface area (Å²) in [4.78, 5) is 16.7. The lowest BCUT2D eigenvalue weighted by Crippen LogP contribution is -2.48. The zero-order valence-corrected chi connectivity index (χ0v) is 12.3. The Bertz CT molecular complexity index is 340. The quantitative estimate of drug-likeness (QED) is 0.820. The smallest absolute Gasteiger partial charge is 0.240 e. The van der Waals surface area contributed by atoms with Crippen molar-refractivity contribution in [3.05, 3.63) is 11.8 Å². The molecule has 1 heterocycles. The minimum absolute atomic E-state index is 0.271. The predicted molar refractivity (Wildman–Crippen MR) is 77.8 cm³/mol. The van der Waals surface area contributed by atoms with Gasteiger partial charge in [-0.1, -0.05) is 6.08 Å². The molecule has 4 nitrogen and oxygen atoms in total. The van der Waals surface area contributed by atoms with Crippen molar-refractivity contribution < 1.29 is 4.79 Å². The van der Waals surface area contributed by atoms with Crippen LogP contribution >= 0.6 is 0 Å². The first-order chi connectivity index (χ1) is 9.24. The summed E-state index contributed by atoms with van der Waals surface area (Å²) in [5.41, 5.74) is 1.25. The molecular weight excluding hydrogens is 238 g/mol. The lowest BCUT2D eigenvalue weighted by molar-refractivity contribution is -0.130. The summed E-state index contributed by atoms with van der Waals surface area (Å²) < 4.78 is 0. The second kappa shape index (κ2) is 7.06. The van der Waals surface area contributed by atoms with Gasteiger partial charge in [0.2, 0.25) is 5.91 Å². The number of piperidine rings is 1. The number of amides is 1. The van der Waals surface area contributed by atoms with Gasteiger partial charge in [0, 0.05) is 24.8 Å². The maximum atomic E-state index is 12.4. The molecule has 0 aromatic rings. The number of likely N-dealkylation sites (tertiary alicyclic amines) is 1. The molecule has 1 saturated heterocycles. The molecule has 108 valence electrons. The summed E-state index contributed by atoms with van der Waals surface area (Å²) in [7, 11) is 2.01. The van der Waals surface area contributed by atoms with Gasteiger partial charge < -0.3 is 10.2 Å². The van der Waals surface area contributed by atoms with Crippen molar-refractivity contribution in [1.82, 2.24) is 15.1 Å². The van der Waals surface area contributed by atoms with Crippen molar-refractivity contribution in [2.75, 3.05) is 33.2 Å². The van der Waals surface area contributed by atoms with Crippen LogP contribution in [0.5, 0.6) is 0 Å². The lowest BCUT2D eigenvalue weighted by Gasteiger charge is -2.33. The fourth-order valence-corrected chi connectivity index (χ4v) is 3.15. The Kier molecular flexibility index (Phi) is 5.40. The van der Waals surface area contributed by atoms with Gasteiger partial charge in [0.15, 0.2) is 0 Å². The number of carbonyl (C=O) groups excluding carboxylic acids is 1. The molecule has 4 heteroatoms. The molecule has 1 aliphatic heterocycles.